The Balaban J connectivity index is 1.94. The third-order valence-electron chi connectivity index (χ3n) is 2.92. The summed E-state index contributed by atoms with van der Waals surface area (Å²) in [6, 6.07) is 11.6. The first-order valence-corrected chi connectivity index (χ1v) is 8.03. The molecule has 4 heteroatoms. The van der Waals surface area contributed by atoms with Crippen LogP contribution < -0.4 is 0 Å². The lowest BCUT2D eigenvalue weighted by Gasteiger charge is -2.02. The van der Waals surface area contributed by atoms with Gasteiger partial charge in [-0.15, -0.1) is 22.7 Å². The molecule has 0 aliphatic carbocycles. The van der Waals surface area contributed by atoms with Gasteiger partial charge < -0.3 is 4.57 Å². The fourth-order valence-corrected chi connectivity index (χ4v) is 3.33. The van der Waals surface area contributed by atoms with Gasteiger partial charge in [-0.25, -0.2) is 0 Å². The second kappa shape index (κ2) is 5.96. The minimum atomic E-state index is -0.153. The molecule has 0 aromatic carbocycles. The van der Waals surface area contributed by atoms with Crippen LogP contribution in [-0.2, 0) is 0 Å². The lowest BCUT2D eigenvalue weighted by molar-refractivity contribution is 0.106. The molecular formula is C17H11NOS2. The Kier molecular flexibility index (Phi) is 3.87. The predicted octanol–water partition coefficient (Wildman–Crippen LogP) is 4.61. The van der Waals surface area contributed by atoms with Gasteiger partial charge in [-0.1, -0.05) is 18.7 Å². The van der Waals surface area contributed by atoms with E-state index in [4.69, 9.17) is 0 Å². The number of rotatable bonds is 3. The van der Waals surface area contributed by atoms with Crippen LogP contribution >= 0.6 is 22.7 Å². The number of aromatic nitrogens is 1. The van der Waals surface area contributed by atoms with E-state index in [-0.39, 0.29) is 5.78 Å². The van der Waals surface area contributed by atoms with Crippen molar-refractivity contribution in [2.24, 2.45) is 0 Å². The number of carbonyl (C=O) groups is 1. The summed E-state index contributed by atoms with van der Waals surface area (Å²) in [6.45, 7) is 3.83. The molecule has 0 amide bonds. The van der Waals surface area contributed by atoms with E-state index in [9.17, 15) is 4.79 Å². The Morgan fingerprint density at radius 1 is 1.14 bits per heavy atom. The number of nitrogens with zero attached hydrogens (tertiary/aromatic N) is 1. The maximum Gasteiger partial charge on any atom is 0.246 e. The maximum atomic E-state index is 11.9. The van der Waals surface area contributed by atoms with Crippen molar-refractivity contribution in [3.63, 3.8) is 0 Å². The van der Waals surface area contributed by atoms with Crippen LogP contribution in [0.5, 0.6) is 0 Å². The average Bonchev–Trinajstić information content (AvgIpc) is 3.24. The number of hydrogen-bond donors (Lipinski definition) is 0. The summed E-state index contributed by atoms with van der Waals surface area (Å²) in [5, 5.41) is 3.90. The van der Waals surface area contributed by atoms with Crippen molar-refractivity contribution < 1.29 is 4.79 Å². The molecule has 3 heterocycles. The molecule has 0 aliphatic rings. The summed E-state index contributed by atoms with van der Waals surface area (Å²) in [5.41, 5.74) is 1.80. The van der Waals surface area contributed by atoms with Gasteiger partial charge in [0.1, 0.15) is 0 Å². The quantitative estimate of drug-likeness (QED) is 0.511. The zero-order valence-corrected chi connectivity index (χ0v) is 12.7. The van der Waals surface area contributed by atoms with Gasteiger partial charge in [0.05, 0.1) is 21.1 Å². The number of hydrogen-bond acceptors (Lipinski definition) is 3. The molecule has 0 unspecified atom stereocenters. The van der Waals surface area contributed by atoms with Gasteiger partial charge in [0, 0.05) is 6.20 Å². The third kappa shape index (κ3) is 2.75. The van der Waals surface area contributed by atoms with Crippen molar-refractivity contribution in [2.45, 2.75) is 0 Å². The van der Waals surface area contributed by atoms with E-state index in [0.717, 1.165) is 16.3 Å². The summed E-state index contributed by atoms with van der Waals surface area (Å²) < 4.78 is 1.90. The molecule has 0 atom stereocenters. The summed E-state index contributed by atoms with van der Waals surface area (Å²) in [6.07, 6.45) is 1.72. The van der Waals surface area contributed by atoms with Crippen LogP contribution in [0.4, 0.5) is 0 Å². The van der Waals surface area contributed by atoms with Gasteiger partial charge in [-0.3, -0.25) is 4.79 Å². The summed E-state index contributed by atoms with van der Waals surface area (Å²) in [4.78, 5) is 13.7. The van der Waals surface area contributed by atoms with E-state index in [0.29, 0.717) is 4.88 Å². The largest absolute Gasteiger partial charge is 0.309 e. The SMILES string of the molecule is C=Cn1c(C#CC(=O)c2cccs2)ccc1-c1cccs1. The predicted molar refractivity (Wildman–Crippen MR) is 89.7 cm³/mol. The molecule has 0 saturated heterocycles. The molecule has 0 aliphatic heterocycles. The van der Waals surface area contributed by atoms with Crippen LogP contribution in [0.3, 0.4) is 0 Å². The van der Waals surface area contributed by atoms with E-state index in [1.807, 2.05) is 45.7 Å². The second-order valence-electron chi connectivity index (χ2n) is 4.19. The molecule has 2 nitrogen and oxygen atoms in total. The highest BCUT2D eigenvalue weighted by atomic mass is 32.1. The molecule has 3 aromatic heterocycles. The Morgan fingerprint density at radius 2 is 1.95 bits per heavy atom. The van der Waals surface area contributed by atoms with E-state index in [1.165, 1.54) is 11.3 Å². The lowest BCUT2D eigenvalue weighted by atomic mass is 10.3. The van der Waals surface area contributed by atoms with E-state index < -0.39 is 0 Å². The first-order chi connectivity index (χ1) is 10.3. The number of Topliss-reactive ketones (excluding diaryl/α,β-unsaturated/α-hetero) is 1. The monoisotopic (exact) mass is 309 g/mol. The van der Waals surface area contributed by atoms with Crippen LogP contribution in [0.15, 0.2) is 53.7 Å². The van der Waals surface area contributed by atoms with Crippen molar-refractivity contribution in [3.05, 3.63) is 64.3 Å². The first-order valence-electron chi connectivity index (χ1n) is 6.27. The maximum absolute atomic E-state index is 11.9. The van der Waals surface area contributed by atoms with Crippen molar-refractivity contribution >= 4 is 34.7 Å². The van der Waals surface area contributed by atoms with E-state index in [1.54, 1.807) is 23.6 Å². The summed E-state index contributed by atoms with van der Waals surface area (Å²) in [7, 11) is 0. The molecule has 102 valence electrons. The Bertz CT molecular complexity index is 827. The highest BCUT2D eigenvalue weighted by Crippen LogP contribution is 2.27. The lowest BCUT2D eigenvalue weighted by Crippen LogP contribution is -1.94. The standard InChI is InChI=1S/C17H11NOS2/c1-2-18-13(7-9-14(18)16-5-3-11-20-16)8-10-15(19)17-6-4-12-21-17/h2-7,9,11-12H,1H2. The van der Waals surface area contributed by atoms with Gasteiger partial charge in [-0.05, 0) is 46.9 Å². The molecule has 0 radical (unpaired) electrons. The minimum absolute atomic E-state index is 0.153. The molecule has 21 heavy (non-hydrogen) atoms. The van der Waals surface area contributed by atoms with Gasteiger partial charge in [0.25, 0.3) is 0 Å². The number of carbonyl (C=O) groups excluding carboxylic acids is 1. The number of thiophene rings is 2. The highest BCUT2D eigenvalue weighted by molar-refractivity contribution is 7.13. The topological polar surface area (TPSA) is 22.0 Å². The highest BCUT2D eigenvalue weighted by Gasteiger charge is 2.08. The minimum Gasteiger partial charge on any atom is -0.309 e. The van der Waals surface area contributed by atoms with Crippen LogP contribution in [0.25, 0.3) is 16.8 Å². The van der Waals surface area contributed by atoms with Gasteiger partial charge in [0.2, 0.25) is 5.78 Å². The zero-order valence-electron chi connectivity index (χ0n) is 11.1. The van der Waals surface area contributed by atoms with Crippen molar-refractivity contribution in [2.75, 3.05) is 0 Å². The molecule has 3 rings (SSSR count). The zero-order chi connectivity index (χ0) is 14.7. The van der Waals surface area contributed by atoms with Gasteiger partial charge in [0.15, 0.2) is 0 Å². The smallest absolute Gasteiger partial charge is 0.246 e. The Morgan fingerprint density at radius 3 is 2.62 bits per heavy atom. The molecule has 3 aromatic rings. The van der Waals surface area contributed by atoms with Gasteiger partial charge >= 0.3 is 0 Å². The van der Waals surface area contributed by atoms with Gasteiger partial charge in [-0.2, -0.15) is 0 Å². The third-order valence-corrected chi connectivity index (χ3v) is 4.68. The van der Waals surface area contributed by atoms with Crippen molar-refractivity contribution in [3.8, 4) is 22.4 Å². The van der Waals surface area contributed by atoms with Crippen molar-refractivity contribution in [1.82, 2.24) is 4.57 Å². The average molecular weight is 309 g/mol. The molecular weight excluding hydrogens is 298 g/mol. The normalized spacial score (nSPS) is 9.90. The fourth-order valence-electron chi connectivity index (χ4n) is 1.96. The second-order valence-corrected chi connectivity index (χ2v) is 6.09. The first kappa shape index (κ1) is 13.6. The number of ketones is 1. The van der Waals surface area contributed by atoms with Crippen molar-refractivity contribution in [1.29, 1.82) is 0 Å². The Hall–Kier alpha value is -2.35. The molecule has 0 saturated carbocycles. The molecule has 0 spiro atoms. The fraction of sp³-hybridized carbons (Fsp3) is 0. The molecule has 0 fully saturated rings. The van der Waals surface area contributed by atoms with E-state index in [2.05, 4.69) is 18.4 Å². The van der Waals surface area contributed by atoms with Crippen LogP contribution in [0, 0.1) is 11.8 Å². The van der Waals surface area contributed by atoms with Crippen LogP contribution in [-0.4, -0.2) is 10.4 Å². The summed E-state index contributed by atoms with van der Waals surface area (Å²) in [5.74, 6) is 5.48. The Labute approximate surface area is 131 Å². The van der Waals surface area contributed by atoms with Crippen LogP contribution in [0.2, 0.25) is 0 Å². The molecule has 0 N–H and O–H groups in total. The summed E-state index contributed by atoms with van der Waals surface area (Å²) >= 11 is 3.06. The van der Waals surface area contributed by atoms with Crippen LogP contribution in [0.1, 0.15) is 15.4 Å². The molecule has 0 bridgehead atoms. The van der Waals surface area contributed by atoms with E-state index >= 15 is 0 Å².